The van der Waals surface area contributed by atoms with Crippen LogP contribution in [0.5, 0.6) is 0 Å². The average molecular weight is 428 g/mol. The molecule has 0 radical (unpaired) electrons. The summed E-state index contributed by atoms with van der Waals surface area (Å²) in [5.74, 6) is 1.68. The molecule has 1 rings (SSSR count). The maximum Gasteiger partial charge on any atom is 0.191 e. The van der Waals surface area contributed by atoms with Gasteiger partial charge in [-0.1, -0.05) is 6.92 Å². The van der Waals surface area contributed by atoms with Gasteiger partial charge < -0.3 is 15.5 Å². The molecule has 1 saturated heterocycles. The molecule has 1 fully saturated rings. The van der Waals surface area contributed by atoms with Gasteiger partial charge in [-0.25, -0.2) is 0 Å². The Bertz CT molecular complexity index is 310. The van der Waals surface area contributed by atoms with Gasteiger partial charge in [0.15, 0.2) is 5.96 Å². The highest BCUT2D eigenvalue weighted by Crippen LogP contribution is 2.19. The van der Waals surface area contributed by atoms with E-state index in [2.05, 4.69) is 47.6 Å². The van der Waals surface area contributed by atoms with Crippen LogP contribution in [0.15, 0.2) is 4.99 Å². The van der Waals surface area contributed by atoms with Gasteiger partial charge in [-0.15, -0.1) is 24.0 Å². The van der Waals surface area contributed by atoms with Crippen LogP contribution < -0.4 is 10.6 Å². The van der Waals surface area contributed by atoms with Crippen LogP contribution >= 0.6 is 35.7 Å². The molecule has 1 heterocycles. The number of nitrogens with one attached hydrogen (secondary N) is 2. The summed E-state index contributed by atoms with van der Waals surface area (Å²) < 4.78 is 0.238. The van der Waals surface area contributed by atoms with Crippen molar-refractivity contribution >= 4 is 41.7 Å². The SMILES string of the molecule is CCN1CCCC(CNC(=NC)NCC(C)(C)SC)C1.I. The Labute approximate surface area is 152 Å². The number of aliphatic imine (C=N–C) groups is 1. The van der Waals surface area contributed by atoms with E-state index in [1.165, 1.54) is 32.5 Å². The van der Waals surface area contributed by atoms with Crippen LogP contribution in [0, 0.1) is 5.92 Å². The normalized spacial score (nSPS) is 20.8. The van der Waals surface area contributed by atoms with Gasteiger partial charge in [0.1, 0.15) is 0 Å². The molecule has 1 aliphatic rings. The minimum Gasteiger partial charge on any atom is -0.356 e. The van der Waals surface area contributed by atoms with Crippen molar-refractivity contribution in [3.05, 3.63) is 0 Å². The Morgan fingerprint density at radius 1 is 1.38 bits per heavy atom. The van der Waals surface area contributed by atoms with Crippen molar-refractivity contribution in [2.75, 3.05) is 46.0 Å². The fraction of sp³-hybridized carbons (Fsp3) is 0.933. The minimum absolute atomic E-state index is 0. The molecule has 126 valence electrons. The molecule has 0 spiro atoms. The topological polar surface area (TPSA) is 39.7 Å². The molecule has 0 aliphatic carbocycles. The predicted molar refractivity (Wildman–Crippen MR) is 107 cm³/mol. The van der Waals surface area contributed by atoms with Gasteiger partial charge in [-0.2, -0.15) is 11.8 Å². The number of guanidine groups is 1. The average Bonchev–Trinajstić information content (AvgIpc) is 2.47. The summed E-state index contributed by atoms with van der Waals surface area (Å²) in [5, 5.41) is 6.91. The first-order chi connectivity index (χ1) is 9.50. The fourth-order valence-corrected chi connectivity index (χ4v) is 2.65. The van der Waals surface area contributed by atoms with Crippen LogP contribution in [0.25, 0.3) is 0 Å². The molecule has 21 heavy (non-hydrogen) atoms. The van der Waals surface area contributed by atoms with Crippen LogP contribution in [0.1, 0.15) is 33.6 Å². The van der Waals surface area contributed by atoms with Crippen molar-refractivity contribution in [3.8, 4) is 0 Å². The van der Waals surface area contributed by atoms with Crippen LogP contribution in [0.4, 0.5) is 0 Å². The Hall–Kier alpha value is 0.310. The lowest BCUT2D eigenvalue weighted by atomic mass is 9.98. The minimum atomic E-state index is 0. The van der Waals surface area contributed by atoms with Crippen LogP contribution in [-0.2, 0) is 0 Å². The van der Waals surface area contributed by atoms with Crippen LogP contribution in [-0.4, -0.2) is 61.6 Å². The van der Waals surface area contributed by atoms with E-state index in [1.807, 2.05) is 18.8 Å². The number of halogens is 1. The van der Waals surface area contributed by atoms with Gasteiger partial charge in [0.05, 0.1) is 0 Å². The highest BCUT2D eigenvalue weighted by atomic mass is 127. The van der Waals surface area contributed by atoms with Crippen molar-refractivity contribution in [3.63, 3.8) is 0 Å². The van der Waals surface area contributed by atoms with Crippen molar-refractivity contribution in [2.24, 2.45) is 10.9 Å². The van der Waals surface area contributed by atoms with Crippen LogP contribution in [0.3, 0.4) is 0 Å². The Kier molecular flexibility index (Phi) is 11.1. The quantitative estimate of drug-likeness (QED) is 0.388. The first kappa shape index (κ1) is 21.3. The van der Waals surface area contributed by atoms with Crippen molar-refractivity contribution in [2.45, 2.75) is 38.4 Å². The van der Waals surface area contributed by atoms with Gasteiger partial charge in [0, 0.05) is 31.4 Å². The van der Waals surface area contributed by atoms with Crippen molar-refractivity contribution < 1.29 is 0 Å². The number of nitrogens with zero attached hydrogens (tertiary/aromatic N) is 2. The van der Waals surface area contributed by atoms with E-state index in [9.17, 15) is 0 Å². The van der Waals surface area contributed by atoms with Crippen LogP contribution in [0.2, 0.25) is 0 Å². The molecule has 0 amide bonds. The number of piperidine rings is 1. The lowest BCUT2D eigenvalue weighted by Crippen LogP contribution is -2.46. The molecule has 1 atom stereocenters. The van der Waals surface area contributed by atoms with Gasteiger partial charge in [-0.05, 0) is 52.0 Å². The zero-order valence-electron chi connectivity index (χ0n) is 14.2. The second-order valence-electron chi connectivity index (χ2n) is 6.17. The van der Waals surface area contributed by atoms with E-state index in [1.54, 1.807) is 0 Å². The summed E-state index contributed by atoms with van der Waals surface area (Å²) in [6.45, 7) is 12.4. The van der Waals surface area contributed by atoms with E-state index in [-0.39, 0.29) is 28.7 Å². The fourth-order valence-electron chi connectivity index (χ4n) is 2.44. The zero-order valence-corrected chi connectivity index (χ0v) is 17.4. The zero-order chi connectivity index (χ0) is 15.0. The number of rotatable bonds is 6. The maximum absolute atomic E-state index is 4.32. The van der Waals surface area contributed by atoms with E-state index in [4.69, 9.17) is 0 Å². The molecule has 0 aromatic heterocycles. The van der Waals surface area contributed by atoms with Gasteiger partial charge in [0.25, 0.3) is 0 Å². The van der Waals surface area contributed by atoms with Gasteiger partial charge in [-0.3, -0.25) is 4.99 Å². The van der Waals surface area contributed by atoms with E-state index < -0.39 is 0 Å². The lowest BCUT2D eigenvalue weighted by molar-refractivity contribution is 0.183. The molecule has 1 aliphatic heterocycles. The van der Waals surface area contributed by atoms with E-state index in [0.29, 0.717) is 0 Å². The van der Waals surface area contributed by atoms with Gasteiger partial charge >= 0.3 is 0 Å². The smallest absolute Gasteiger partial charge is 0.191 e. The molecule has 0 saturated carbocycles. The molecule has 0 aromatic carbocycles. The largest absolute Gasteiger partial charge is 0.356 e. The molecule has 6 heteroatoms. The van der Waals surface area contributed by atoms with Crippen molar-refractivity contribution in [1.82, 2.24) is 15.5 Å². The highest BCUT2D eigenvalue weighted by Gasteiger charge is 2.19. The van der Waals surface area contributed by atoms with Crippen molar-refractivity contribution in [1.29, 1.82) is 0 Å². The summed E-state index contributed by atoms with van der Waals surface area (Å²) in [6, 6.07) is 0. The summed E-state index contributed by atoms with van der Waals surface area (Å²) in [4.78, 5) is 6.87. The number of hydrogen-bond donors (Lipinski definition) is 2. The molecule has 2 N–H and O–H groups in total. The highest BCUT2D eigenvalue weighted by molar-refractivity contribution is 14.0. The second kappa shape index (κ2) is 10.9. The number of likely N-dealkylation sites (tertiary alicyclic amines) is 1. The Morgan fingerprint density at radius 3 is 2.67 bits per heavy atom. The Morgan fingerprint density at radius 2 is 2.10 bits per heavy atom. The molecular weight excluding hydrogens is 395 g/mol. The standard InChI is InChI=1S/C15H32N4S.HI/c1-6-19-9-7-8-13(11-19)10-17-14(16-4)18-12-15(2,3)20-5;/h13H,6-12H2,1-5H3,(H2,16,17,18);1H. The summed E-state index contributed by atoms with van der Waals surface area (Å²) >= 11 is 1.88. The third kappa shape index (κ3) is 8.50. The van der Waals surface area contributed by atoms with E-state index in [0.717, 1.165) is 25.0 Å². The summed E-state index contributed by atoms with van der Waals surface area (Å²) in [5.41, 5.74) is 0. The van der Waals surface area contributed by atoms with Gasteiger partial charge in [0.2, 0.25) is 0 Å². The molecular formula is C15H33IN4S. The first-order valence-electron chi connectivity index (χ1n) is 7.72. The first-order valence-corrected chi connectivity index (χ1v) is 8.95. The monoisotopic (exact) mass is 428 g/mol. The number of hydrogen-bond acceptors (Lipinski definition) is 3. The molecule has 1 unspecified atom stereocenters. The lowest BCUT2D eigenvalue weighted by Gasteiger charge is -2.32. The third-order valence-electron chi connectivity index (χ3n) is 4.07. The third-order valence-corrected chi connectivity index (χ3v) is 5.32. The summed E-state index contributed by atoms with van der Waals surface area (Å²) in [6.07, 6.45) is 4.81. The summed E-state index contributed by atoms with van der Waals surface area (Å²) in [7, 11) is 1.85. The molecule has 0 aromatic rings. The molecule has 4 nitrogen and oxygen atoms in total. The van der Waals surface area contributed by atoms with E-state index >= 15 is 0 Å². The predicted octanol–water partition coefficient (Wildman–Crippen LogP) is 2.64. The number of thioether (sulfide) groups is 1. The molecule has 0 bridgehead atoms. The Balaban J connectivity index is 0.00000400. The maximum atomic E-state index is 4.32. The second-order valence-corrected chi connectivity index (χ2v) is 7.69.